The molecule has 0 amide bonds. The average molecular weight is 504 g/mol. The van der Waals surface area contributed by atoms with Gasteiger partial charge in [0, 0.05) is 0 Å². The summed E-state index contributed by atoms with van der Waals surface area (Å²) in [5.74, 6) is 0.402. The molecule has 33 heavy (non-hydrogen) atoms. The van der Waals surface area contributed by atoms with Crippen LogP contribution >= 0.6 is 15.9 Å². The van der Waals surface area contributed by atoms with Crippen LogP contribution < -0.4 is 9.64 Å². The van der Waals surface area contributed by atoms with Crippen LogP contribution in [-0.2, 0) is 18.1 Å². The molecule has 0 radical (unpaired) electrons. The van der Waals surface area contributed by atoms with Crippen LogP contribution in [0.5, 0.6) is 5.75 Å². The molecule has 0 aliphatic carbocycles. The minimum absolute atomic E-state index is 0.0235. The summed E-state index contributed by atoms with van der Waals surface area (Å²) in [4.78, 5) is 28.1. The molecule has 1 unspecified atom stereocenters. The molecule has 2 aliphatic heterocycles. The SMILES string of the molecule is CN(CCCOc1cc(C(C[PH]2(O)OCCO2)[PH]2(O)OCCO2)ccc1F)c1ccccn1. The normalized spacial score (nSPS) is 21.9. The van der Waals surface area contributed by atoms with Crippen molar-refractivity contribution in [3.8, 4) is 5.75 Å². The van der Waals surface area contributed by atoms with E-state index in [1.807, 2.05) is 30.1 Å². The van der Waals surface area contributed by atoms with E-state index in [2.05, 4.69) is 4.98 Å². The fraction of sp³-hybridized carbons (Fsp3) is 0.476. The molecule has 1 atom stereocenters. The van der Waals surface area contributed by atoms with Crippen LogP contribution in [0.3, 0.4) is 0 Å². The van der Waals surface area contributed by atoms with Crippen molar-refractivity contribution in [1.82, 2.24) is 4.98 Å². The average Bonchev–Trinajstić information content (AvgIpc) is 3.46. The van der Waals surface area contributed by atoms with E-state index in [-0.39, 0.29) is 25.1 Å². The van der Waals surface area contributed by atoms with Gasteiger partial charge in [0.1, 0.15) is 0 Å². The molecule has 2 aliphatic rings. The molecule has 4 rings (SSSR count). The second-order valence-electron chi connectivity index (χ2n) is 8.00. The molecule has 0 saturated carbocycles. The fourth-order valence-electron chi connectivity index (χ4n) is 3.92. The third kappa shape index (κ3) is 6.15. The maximum atomic E-state index is 14.5. The van der Waals surface area contributed by atoms with Gasteiger partial charge in [0.05, 0.1) is 0 Å². The predicted octanol–water partition coefficient (Wildman–Crippen LogP) is 3.24. The van der Waals surface area contributed by atoms with Gasteiger partial charge in [-0.3, -0.25) is 0 Å². The van der Waals surface area contributed by atoms with Crippen molar-refractivity contribution in [3.05, 3.63) is 54.0 Å². The van der Waals surface area contributed by atoms with Crippen molar-refractivity contribution >= 4 is 21.7 Å². The Labute approximate surface area is 193 Å². The van der Waals surface area contributed by atoms with Gasteiger partial charge in [-0.25, -0.2) is 0 Å². The zero-order chi connectivity index (χ0) is 23.3. The molecule has 0 spiro atoms. The Morgan fingerprint density at radius 1 is 1.09 bits per heavy atom. The Kier molecular flexibility index (Phi) is 8.10. The first-order valence-electron chi connectivity index (χ1n) is 10.9. The summed E-state index contributed by atoms with van der Waals surface area (Å²) >= 11 is 0. The van der Waals surface area contributed by atoms with Crippen molar-refractivity contribution in [2.45, 2.75) is 12.1 Å². The van der Waals surface area contributed by atoms with Gasteiger partial charge in [-0.05, 0) is 6.07 Å². The number of nitrogens with zero attached hydrogens (tertiary/aromatic N) is 2. The van der Waals surface area contributed by atoms with Crippen LogP contribution in [0, 0.1) is 5.82 Å². The van der Waals surface area contributed by atoms with Crippen molar-refractivity contribution < 1.29 is 37.0 Å². The molecule has 2 fully saturated rings. The Bertz CT molecular complexity index is 915. The third-order valence-electron chi connectivity index (χ3n) is 5.64. The van der Waals surface area contributed by atoms with Gasteiger partial charge in [0.2, 0.25) is 0 Å². The van der Waals surface area contributed by atoms with E-state index >= 15 is 0 Å². The first-order chi connectivity index (χ1) is 15.9. The molecule has 0 bridgehead atoms. The van der Waals surface area contributed by atoms with Crippen LogP contribution in [0.15, 0.2) is 42.6 Å². The van der Waals surface area contributed by atoms with Crippen LogP contribution in [0.4, 0.5) is 10.2 Å². The van der Waals surface area contributed by atoms with E-state index in [1.54, 1.807) is 12.3 Å². The second-order valence-corrected chi connectivity index (χ2v) is 12.9. The molecule has 2 saturated heterocycles. The Morgan fingerprint density at radius 2 is 1.82 bits per heavy atom. The number of rotatable bonds is 10. The number of anilines is 1. The second kappa shape index (κ2) is 10.8. The number of halogens is 1. The van der Waals surface area contributed by atoms with Crippen LogP contribution in [0.2, 0.25) is 0 Å². The van der Waals surface area contributed by atoms with E-state index in [9.17, 15) is 14.2 Å². The Morgan fingerprint density at radius 3 is 2.52 bits per heavy atom. The van der Waals surface area contributed by atoms with Gasteiger partial charge >= 0.3 is 187 Å². The van der Waals surface area contributed by atoms with Crippen LogP contribution in [0.25, 0.3) is 0 Å². The van der Waals surface area contributed by atoms with Crippen molar-refractivity contribution in [1.29, 1.82) is 0 Å². The molecule has 3 heterocycles. The molecule has 2 aromatic rings. The Hall–Kier alpha value is -1.48. The number of hydrogen-bond acceptors (Lipinski definition) is 9. The molecular weight excluding hydrogens is 473 g/mol. The summed E-state index contributed by atoms with van der Waals surface area (Å²) in [7, 11) is -5.23. The molecule has 2 N–H and O–H groups in total. The number of hydrogen-bond donors (Lipinski definition) is 2. The maximum absolute atomic E-state index is 14.5. The first-order valence-corrected chi connectivity index (χ1v) is 14.7. The van der Waals surface area contributed by atoms with Gasteiger partial charge in [-0.1, -0.05) is 0 Å². The zero-order valence-electron chi connectivity index (χ0n) is 18.5. The number of aromatic nitrogens is 1. The molecule has 184 valence electrons. The summed E-state index contributed by atoms with van der Waals surface area (Å²) in [6, 6.07) is 10.1. The van der Waals surface area contributed by atoms with E-state index in [1.165, 1.54) is 12.1 Å². The molecular formula is C21H31FN2O7P2. The molecule has 1 aromatic heterocycles. The van der Waals surface area contributed by atoms with Gasteiger partial charge in [-0.2, -0.15) is 0 Å². The molecule has 9 nitrogen and oxygen atoms in total. The summed E-state index contributed by atoms with van der Waals surface area (Å²) in [5, 5.41) is 0. The molecule has 12 heteroatoms. The number of pyridine rings is 1. The summed E-state index contributed by atoms with van der Waals surface area (Å²) in [6.07, 6.45) is 2.41. The number of ether oxygens (including phenoxy) is 1. The fourth-order valence-corrected chi connectivity index (χ4v) is 9.44. The topological polar surface area (TPSA) is 103 Å². The van der Waals surface area contributed by atoms with E-state index < -0.39 is 27.4 Å². The quantitative estimate of drug-likeness (QED) is 0.373. The zero-order valence-corrected chi connectivity index (χ0v) is 20.5. The van der Waals surface area contributed by atoms with Crippen molar-refractivity contribution in [2.24, 2.45) is 0 Å². The summed E-state index contributed by atoms with van der Waals surface area (Å²) < 4.78 is 42.3. The first kappa shape index (κ1) is 24.6. The van der Waals surface area contributed by atoms with E-state index in [4.69, 9.17) is 22.8 Å². The Balaban J connectivity index is 1.43. The standard InChI is InChI=1S/C21H31FN2O7P2/c1-24(21-5-2-3-8-23-21)9-4-10-27-19-15-17(6-7-18(19)22)20(33(26)30-13-14-31-33)16-32(25)28-11-12-29-32/h2-3,5-8,15,20,25-26,32-33H,4,9-14,16H2,1H3. The van der Waals surface area contributed by atoms with Crippen molar-refractivity contribution in [2.75, 3.05) is 57.7 Å². The minimum atomic E-state index is -3.68. The van der Waals surface area contributed by atoms with E-state index in [0.29, 0.717) is 38.3 Å². The summed E-state index contributed by atoms with van der Waals surface area (Å²) in [6.45, 7) is 2.08. The van der Waals surface area contributed by atoms with Gasteiger partial charge in [0.15, 0.2) is 0 Å². The van der Waals surface area contributed by atoms with Gasteiger partial charge in [0.25, 0.3) is 0 Å². The van der Waals surface area contributed by atoms with Gasteiger partial charge < -0.3 is 0 Å². The monoisotopic (exact) mass is 504 g/mol. The summed E-state index contributed by atoms with van der Waals surface area (Å²) in [5.41, 5.74) is -0.166. The van der Waals surface area contributed by atoms with Gasteiger partial charge in [-0.15, -0.1) is 0 Å². The van der Waals surface area contributed by atoms with Crippen molar-refractivity contribution in [3.63, 3.8) is 0 Å². The van der Waals surface area contributed by atoms with Crippen LogP contribution in [-0.4, -0.2) is 67.6 Å². The predicted molar refractivity (Wildman–Crippen MR) is 127 cm³/mol. The van der Waals surface area contributed by atoms with Crippen LogP contribution in [0.1, 0.15) is 17.6 Å². The van der Waals surface area contributed by atoms with E-state index in [0.717, 1.165) is 5.82 Å². The third-order valence-corrected chi connectivity index (χ3v) is 10.9. The molecule has 1 aromatic carbocycles. The number of benzene rings is 1.